The van der Waals surface area contributed by atoms with Crippen molar-refractivity contribution in [3.05, 3.63) is 59.9 Å². The van der Waals surface area contributed by atoms with Gasteiger partial charge in [0.05, 0.1) is 6.61 Å². The number of hydrogen-bond acceptors (Lipinski definition) is 4. The predicted molar refractivity (Wildman–Crippen MR) is 93.8 cm³/mol. The molecule has 0 unspecified atom stereocenters. The average molecular weight is 343 g/mol. The Morgan fingerprint density at radius 3 is 2.67 bits per heavy atom. The third-order valence-corrected chi connectivity index (χ3v) is 4.49. The second kappa shape index (κ2) is 7.49. The lowest BCUT2D eigenvalue weighted by atomic mass is 10.2. The van der Waals surface area contributed by atoms with Crippen LogP contribution in [0.15, 0.2) is 53.7 Å². The van der Waals surface area contributed by atoms with Gasteiger partial charge in [-0.15, -0.1) is 10.2 Å². The van der Waals surface area contributed by atoms with Crippen molar-refractivity contribution in [2.24, 2.45) is 7.05 Å². The lowest BCUT2D eigenvalue weighted by Crippen LogP contribution is -2.02. The van der Waals surface area contributed by atoms with Crippen LogP contribution in [-0.2, 0) is 7.05 Å². The summed E-state index contributed by atoms with van der Waals surface area (Å²) >= 11 is 1.58. The molecule has 3 rings (SSSR count). The van der Waals surface area contributed by atoms with E-state index in [0.717, 1.165) is 28.0 Å². The van der Waals surface area contributed by atoms with Crippen molar-refractivity contribution >= 4 is 11.8 Å². The van der Waals surface area contributed by atoms with Crippen LogP contribution in [0.25, 0.3) is 11.4 Å². The average Bonchev–Trinajstić information content (AvgIpc) is 2.93. The second-order valence-electron chi connectivity index (χ2n) is 5.39. The number of ether oxygens (including phenoxy) is 1. The van der Waals surface area contributed by atoms with Gasteiger partial charge < -0.3 is 9.30 Å². The lowest BCUT2D eigenvalue weighted by Gasteiger charge is -2.07. The molecule has 0 saturated carbocycles. The summed E-state index contributed by atoms with van der Waals surface area (Å²) in [6, 6.07) is 14.2. The first-order valence-corrected chi connectivity index (χ1v) is 8.59. The van der Waals surface area contributed by atoms with Gasteiger partial charge in [0.1, 0.15) is 11.6 Å². The predicted octanol–water partition coefficient (Wildman–Crippen LogP) is 4.10. The monoisotopic (exact) mass is 343 g/mol. The lowest BCUT2D eigenvalue weighted by molar-refractivity contribution is 0.343. The SMILES string of the molecule is Cc1cccc(OCCSc2nnc(-c3ccc(F)cc3)n2C)c1. The van der Waals surface area contributed by atoms with Crippen LogP contribution in [0.1, 0.15) is 5.56 Å². The van der Waals surface area contributed by atoms with Crippen molar-refractivity contribution in [2.45, 2.75) is 12.1 Å². The number of aryl methyl sites for hydroxylation is 1. The molecule has 0 saturated heterocycles. The van der Waals surface area contributed by atoms with Gasteiger partial charge in [-0.1, -0.05) is 23.9 Å². The van der Waals surface area contributed by atoms with E-state index in [0.29, 0.717) is 6.61 Å². The Morgan fingerprint density at radius 1 is 1.12 bits per heavy atom. The molecule has 6 heteroatoms. The van der Waals surface area contributed by atoms with Gasteiger partial charge in [-0.2, -0.15) is 0 Å². The Kier molecular flexibility index (Phi) is 5.15. The van der Waals surface area contributed by atoms with Crippen LogP contribution in [0.3, 0.4) is 0 Å². The molecule has 2 aromatic carbocycles. The minimum atomic E-state index is -0.260. The highest BCUT2D eigenvalue weighted by molar-refractivity contribution is 7.99. The molecular formula is C18H18FN3OS. The maximum atomic E-state index is 13.0. The third kappa shape index (κ3) is 3.94. The molecule has 0 fully saturated rings. The quantitative estimate of drug-likeness (QED) is 0.499. The van der Waals surface area contributed by atoms with Crippen molar-refractivity contribution in [1.29, 1.82) is 0 Å². The second-order valence-corrected chi connectivity index (χ2v) is 6.45. The largest absolute Gasteiger partial charge is 0.493 e. The molecule has 124 valence electrons. The first-order valence-electron chi connectivity index (χ1n) is 7.61. The van der Waals surface area contributed by atoms with Gasteiger partial charge in [0.15, 0.2) is 11.0 Å². The fourth-order valence-electron chi connectivity index (χ4n) is 2.29. The summed E-state index contributed by atoms with van der Waals surface area (Å²) in [4.78, 5) is 0. The first kappa shape index (κ1) is 16.5. The van der Waals surface area contributed by atoms with Gasteiger partial charge in [0, 0.05) is 18.4 Å². The number of thioether (sulfide) groups is 1. The van der Waals surface area contributed by atoms with Crippen molar-refractivity contribution in [3.63, 3.8) is 0 Å². The van der Waals surface area contributed by atoms with Crippen LogP contribution in [0.5, 0.6) is 5.75 Å². The molecule has 0 aliphatic rings. The van der Waals surface area contributed by atoms with Crippen LogP contribution in [-0.4, -0.2) is 27.1 Å². The zero-order valence-electron chi connectivity index (χ0n) is 13.6. The number of aromatic nitrogens is 3. The normalized spacial score (nSPS) is 10.8. The Morgan fingerprint density at radius 2 is 1.92 bits per heavy atom. The van der Waals surface area contributed by atoms with E-state index in [1.54, 1.807) is 23.9 Å². The molecule has 24 heavy (non-hydrogen) atoms. The zero-order valence-corrected chi connectivity index (χ0v) is 14.4. The minimum Gasteiger partial charge on any atom is -0.493 e. The van der Waals surface area contributed by atoms with Gasteiger partial charge in [-0.05, 0) is 48.9 Å². The van der Waals surface area contributed by atoms with Gasteiger partial charge >= 0.3 is 0 Å². The number of nitrogens with zero attached hydrogens (tertiary/aromatic N) is 3. The summed E-state index contributed by atoms with van der Waals surface area (Å²) in [5.41, 5.74) is 2.02. The molecule has 0 atom stereocenters. The minimum absolute atomic E-state index is 0.260. The van der Waals surface area contributed by atoms with Crippen LogP contribution in [0.2, 0.25) is 0 Å². The maximum absolute atomic E-state index is 13.0. The summed E-state index contributed by atoms with van der Waals surface area (Å²) in [7, 11) is 1.91. The van der Waals surface area contributed by atoms with E-state index in [2.05, 4.69) is 10.2 Å². The molecule has 0 amide bonds. The van der Waals surface area contributed by atoms with E-state index in [4.69, 9.17) is 4.74 Å². The van der Waals surface area contributed by atoms with Crippen molar-refractivity contribution in [1.82, 2.24) is 14.8 Å². The highest BCUT2D eigenvalue weighted by atomic mass is 32.2. The van der Waals surface area contributed by atoms with E-state index >= 15 is 0 Å². The first-order chi connectivity index (χ1) is 11.6. The number of rotatable bonds is 6. The van der Waals surface area contributed by atoms with Crippen LogP contribution < -0.4 is 4.74 Å². The summed E-state index contributed by atoms with van der Waals surface area (Å²) in [6.07, 6.45) is 0. The summed E-state index contributed by atoms with van der Waals surface area (Å²) in [6.45, 7) is 2.63. The highest BCUT2D eigenvalue weighted by Gasteiger charge is 2.11. The molecule has 0 bridgehead atoms. The molecule has 0 N–H and O–H groups in total. The van der Waals surface area contributed by atoms with E-state index in [9.17, 15) is 4.39 Å². The van der Waals surface area contributed by atoms with Gasteiger partial charge in [0.25, 0.3) is 0 Å². The number of halogens is 1. The molecule has 1 heterocycles. The van der Waals surface area contributed by atoms with Crippen LogP contribution in [0, 0.1) is 12.7 Å². The van der Waals surface area contributed by atoms with Crippen LogP contribution >= 0.6 is 11.8 Å². The molecule has 4 nitrogen and oxygen atoms in total. The molecule has 0 aliphatic heterocycles. The smallest absolute Gasteiger partial charge is 0.191 e. The van der Waals surface area contributed by atoms with E-state index in [1.807, 2.05) is 42.8 Å². The molecule has 0 radical (unpaired) electrons. The Labute approximate surface area is 144 Å². The Balaban J connectivity index is 1.57. The van der Waals surface area contributed by atoms with Gasteiger partial charge in [-0.3, -0.25) is 0 Å². The Hall–Kier alpha value is -2.34. The molecule has 0 aliphatic carbocycles. The number of hydrogen-bond donors (Lipinski definition) is 0. The fourth-order valence-corrected chi connectivity index (χ4v) is 3.02. The van der Waals surface area contributed by atoms with Crippen LogP contribution in [0.4, 0.5) is 4.39 Å². The molecule has 0 spiro atoms. The van der Waals surface area contributed by atoms with Crippen molar-refractivity contribution in [2.75, 3.05) is 12.4 Å². The fraction of sp³-hybridized carbons (Fsp3) is 0.222. The summed E-state index contributed by atoms with van der Waals surface area (Å²) in [5.74, 6) is 2.10. The summed E-state index contributed by atoms with van der Waals surface area (Å²) < 4.78 is 20.7. The molecular weight excluding hydrogens is 325 g/mol. The van der Waals surface area contributed by atoms with Gasteiger partial charge in [-0.25, -0.2) is 4.39 Å². The van der Waals surface area contributed by atoms with Crippen molar-refractivity contribution in [3.8, 4) is 17.1 Å². The molecule has 3 aromatic rings. The molecule has 1 aromatic heterocycles. The highest BCUT2D eigenvalue weighted by Crippen LogP contribution is 2.23. The maximum Gasteiger partial charge on any atom is 0.191 e. The standard InChI is InChI=1S/C18H18FN3OS/c1-13-4-3-5-16(12-13)23-10-11-24-18-21-20-17(22(18)2)14-6-8-15(19)9-7-14/h3-9,12H,10-11H2,1-2H3. The Bertz CT molecular complexity index is 817. The van der Waals surface area contributed by atoms with E-state index in [1.165, 1.54) is 17.7 Å². The topological polar surface area (TPSA) is 39.9 Å². The third-order valence-electron chi connectivity index (χ3n) is 3.51. The van der Waals surface area contributed by atoms with Crippen molar-refractivity contribution < 1.29 is 9.13 Å². The number of benzene rings is 2. The zero-order chi connectivity index (χ0) is 16.9. The van der Waals surface area contributed by atoms with Gasteiger partial charge in [0.2, 0.25) is 0 Å². The van der Waals surface area contributed by atoms with E-state index in [-0.39, 0.29) is 5.82 Å². The van der Waals surface area contributed by atoms with E-state index < -0.39 is 0 Å². The summed E-state index contributed by atoms with van der Waals surface area (Å²) in [5, 5.41) is 9.20.